The summed E-state index contributed by atoms with van der Waals surface area (Å²) in [6.45, 7) is 0.337. The molecule has 1 aliphatic rings. The lowest BCUT2D eigenvalue weighted by molar-refractivity contribution is -0.128. The molecule has 1 N–H and O–H groups in total. The molecule has 0 spiro atoms. The Balaban J connectivity index is 1.51. The van der Waals surface area contributed by atoms with Crippen LogP contribution in [-0.4, -0.2) is 34.2 Å². The number of thioether (sulfide) groups is 1. The van der Waals surface area contributed by atoms with Crippen LogP contribution >= 0.6 is 11.8 Å². The van der Waals surface area contributed by atoms with Crippen molar-refractivity contribution in [3.8, 4) is 5.75 Å². The number of benzene rings is 3. The number of carbonyl (C=O) groups excluding carboxylic acids is 2. The van der Waals surface area contributed by atoms with E-state index in [1.165, 1.54) is 23.9 Å². The molecule has 8 heteroatoms. The van der Waals surface area contributed by atoms with Crippen molar-refractivity contribution in [3.63, 3.8) is 0 Å². The second-order valence-electron chi connectivity index (χ2n) is 7.37. The van der Waals surface area contributed by atoms with Gasteiger partial charge in [-0.25, -0.2) is 9.38 Å². The summed E-state index contributed by atoms with van der Waals surface area (Å²) in [5, 5.41) is 2.69. The van der Waals surface area contributed by atoms with E-state index in [0.29, 0.717) is 28.8 Å². The second-order valence-corrected chi connectivity index (χ2v) is 8.54. The predicted octanol–water partition coefficient (Wildman–Crippen LogP) is 4.99. The first-order valence-corrected chi connectivity index (χ1v) is 11.2. The average Bonchev–Trinajstić information content (AvgIpc) is 3.10. The Morgan fingerprint density at radius 3 is 2.42 bits per heavy atom. The lowest BCUT2D eigenvalue weighted by Crippen LogP contribution is -2.33. The molecule has 3 aromatic carbocycles. The first kappa shape index (κ1) is 22.5. The fourth-order valence-corrected chi connectivity index (χ4v) is 4.47. The third-order valence-corrected chi connectivity index (χ3v) is 6.17. The molecule has 1 heterocycles. The molecule has 168 valence electrons. The van der Waals surface area contributed by atoms with E-state index in [1.807, 2.05) is 30.3 Å². The number of ether oxygens (including phenoxy) is 1. The maximum Gasteiger partial charge on any atom is 0.242 e. The zero-order valence-corrected chi connectivity index (χ0v) is 18.7. The summed E-state index contributed by atoms with van der Waals surface area (Å²) in [6, 6.07) is 22.3. The van der Waals surface area contributed by atoms with Crippen molar-refractivity contribution < 1.29 is 18.7 Å². The van der Waals surface area contributed by atoms with Gasteiger partial charge in [0.25, 0.3) is 0 Å². The van der Waals surface area contributed by atoms with Crippen LogP contribution in [0, 0.1) is 5.82 Å². The molecule has 0 aromatic heterocycles. The first-order valence-electron chi connectivity index (χ1n) is 10.3. The van der Waals surface area contributed by atoms with Crippen LogP contribution in [0.5, 0.6) is 5.75 Å². The van der Waals surface area contributed by atoms with E-state index in [4.69, 9.17) is 4.74 Å². The molecule has 0 aliphatic carbocycles. The quantitative estimate of drug-likeness (QED) is 0.536. The normalized spacial score (nSPS) is 16.8. The number of aliphatic imine (C=N–C) groups is 1. The lowest BCUT2D eigenvalue weighted by atomic mass is 10.2. The molecule has 0 unspecified atom stereocenters. The van der Waals surface area contributed by atoms with Crippen molar-refractivity contribution in [1.29, 1.82) is 0 Å². The third kappa shape index (κ3) is 5.78. The molecule has 3 aromatic rings. The summed E-state index contributed by atoms with van der Waals surface area (Å²) in [5.74, 6) is -0.126. The number of anilines is 1. The Morgan fingerprint density at radius 1 is 1.06 bits per heavy atom. The van der Waals surface area contributed by atoms with Gasteiger partial charge in [-0.2, -0.15) is 0 Å². The number of amides is 2. The van der Waals surface area contributed by atoms with Gasteiger partial charge in [0.1, 0.15) is 16.8 Å². The topological polar surface area (TPSA) is 71.0 Å². The maximum atomic E-state index is 13.3. The summed E-state index contributed by atoms with van der Waals surface area (Å²) in [6.07, 6.45) is 0.00323. The number of amidine groups is 1. The van der Waals surface area contributed by atoms with E-state index in [0.717, 1.165) is 5.56 Å². The van der Waals surface area contributed by atoms with Crippen LogP contribution in [-0.2, 0) is 16.1 Å². The molecule has 1 aliphatic heterocycles. The van der Waals surface area contributed by atoms with E-state index in [9.17, 15) is 14.0 Å². The van der Waals surface area contributed by atoms with Gasteiger partial charge in [0, 0.05) is 12.1 Å². The summed E-state index contributed by atoms with van der Waals surface area (Å²) < 4.78 is 18.4. The van der Waals surface area contributed by atoms with Crippen LogP contribution in [0.15, 0.2) is 83.9 Å². The van der Waals surface area contributed by atoms with Gasteiger partial charge in [-0.05, 0) is 54.1 Å². The molecule has 1 atom stereocenters. The Bertz CT molecular complexity index is 1150. The minimum atomic E-state index is -0.605. The highest BCUT2D eigenvalue weighted by molar-refractivity contribution is 8.15. The zero-order valence-electron chi connectivity index (χ0n) is 17.9. The minimum Gasteiger partial charge on any atom is -0.497 e. The number of nitrogens with zero attached hydrogens (tertiary/aromatic N) is 2. The standard InChI is InChI=1S/C25H22FN3O3S/c1-32-21-13-11-19(12-14-21)27-23(30)15-22-24(31)29(16-17-5-3-2-4-6-17)25(33-22)28-20-9-7-18(26)8-10-20/h2-14,22H,15-16H2,1H3,(H,27,30)/t22-/m1/s1. The molecular formula is C25H22FN3O3S. The van der Waals surface area contributed by atoms with Crippen molar-refractivity contribution in [2.24, 2.45) is 4.99 Å². The van der Waals surface area contributed by atoms with Gasteiger partial charge in [-0.1, -0.05) is 42.1 Å². The fourth-order valence-electron chi connectivity index (χ4n) is 3.32. The monoisotopic (exact) mass is 463 g/mol. The maximum absolute atomic E-state index is 13.3. The number of carbonyl (C=O) groups is 2. The Kier molecular flexibility index (Phi) is 7.04. The Labute approximate surface area is 195 Å². The van der Waals surface area contributed by atoms with Gasteiger partial charge in [0.15, 0.2) is 5.17 Å². The first-order chi connectivity index (χ1) is 16.0. The fraction of sp³-hybridized carbons (Fsp3) is 0.160. The van der Waals surface area contributed by atoms with Gasteiger partial charge >= 0.3 is 0 Å². The van der Waals surface area contributed by atoms with E-state index in [-0.39, 0.29) is 24.1 Å². The Morgan fingerprint density at radius 2 is 1.76 bits per heavy atom. The number of methoxy groups -OCH3 is 1. The number of rotatable bonds is 7. The van der Waals surface area contributed by atoms with E-state index >= 15 is 0 Å². The van der Waals surface area contributed by atoms with Crippen molar-refractivity contribution in [2.45, 2.75) is 18.2 Å². The largest absolute Gasteiger partial charge is 0.497 e. The summed E-state index contributed by atoms with van der Waals surface area (Å²) >= 11 is 1.24. The summed E-state index contributed by atoms with van der Waals surface area (Å²) in [4.78, 5) is 32.0. The molecule has 2 amide bonds. The SMILES string of the molecule is COc1ccc(NC(=O)C[C@H]2SC(=Nc3ccc(F)cc3)N(Cc3ccccc3)C2=O)cc1. The van der Waals surface area contributed by atoms with E-state index < -0.39 is 5.25 Å². The van der Waals surface area contributed by atoms with Crippen LogP contribution in [0.4, 0.5) is 15.8 Å². The summed E-state index contributed by atoms with van der Waals surface area (Å²) in [5.41, 5.74) is 2.10. The predicted molar refractivity (Wildman–Crippen MR) is 128 cm³/mol. The molecule has 0 bridgehead atoms. The van der Waals surface area contributed by atoms with Crippen molar-refractivity contribution in [3.05, 3.63) is 90.2 Å². The van der Waals surface area contributed by atoms with E-state index in [1.54, 1.807) is 48.4 Å². The van der Waals surface area contributed by atoms with Crippen molar-refractivity contribution >= 4 is 40.1 Å². The zero-order chi connectivity index (χ0) is 23.2. The number of hydrogen-bond acceptors (Lipinski definition) is 5. The van der Waals surface area contributed by atoms with Gasteiger partial charge in [0.2, 0.25) is 11.8 Å². The number of hydrogen-bond donors (Lipinski definition) is 1. The van der Waals surface area contributed by atoms with Gasteiger partial charge in [-0.15, -0.1) is 0 Å². The van der Waals surface area contributed by atoms with Crippen LogP contribution in [0.1, 0.15) is 12.0 Å². The van der Waals surface area contributed by atoms with Crippen LogP contribution in [0.3, 0.4) is 0 Å². The molecule has 1 fully saturated rings. The van der Waals surface area contributed by atoms with Crippen molar-refractivity contribution in [2.75, 3.05) is 12.4 Å². The van der Waals surface area contributed by atoms with Crippen LogP contribution in [0.2, 0.25) is 0 Å². The molecular weight excluding hydrogens is 441 g/mol. The molecule has 4 rings (SSSR count). The van der Waals surface area contributed by atoms with Crippen molar-refractivity contribution in [1.82, 2.24) is 4.90 Å². The molecule has 0 saturated carbocycles. The van der Waals surface area contributed by atoms with E-state index in [2.05, 4.69) is 10.3 Å². The minimum absolute atomic E-state index is 0.00323. The lowest BCUT2D eigenvalue weighted by Gasteiger charge is -2.16. The second kappa shape index (κ2) is 10.3. The Hall–Kier alpha value is -3.65. The molecule has 0 radical (unpaired) electrons. The highest BCUT2D eigenvalue weighted by atomic mass is 32.2. The van der Waals surface area contributed by atoms with Gasteiger partial charge in [0.05, 0.1) is 19.3 Å². The number of halogens is 1. The summed E-state index contributed by atoms with van der Waals surface area (Å²) in [7, 11) is 1.57. The highest BCUT2D eigenvalue weighted by Crippen LogP contribution is 2.33. The molecule has 1 saturated heterocycles. The third-order valence-electron chi connectivity index (χ3n) is 5.00. The van der Waals surface area contributed by atoms with Gasteiger partial charge < -0.3 is 10.1 Å². The molecule has 6 nitrogen and oxygen atoms in total. The van der Waals surface area contributed by atoms with Crippen LogP contribution < -0.4 is 10.1 Å². The molecule has 33 heavy (non-hydrogen) atoms. The van der Waals surface area contributed by atoms with Gasteiger partial charge in [-0.3, -0.25) is 14.5 Å². The smallest absolute Gasteiger partial charge is 0.242 e. The highest BCUT2D eigenvalue weighted by Gasteiger charge is 2.39. The average molecular weight is 464 g/mol. The van der Waals surface area contributed by atoms with Crippen LogP contribution in [0.25, 0.3) is 0 Å². The number of nitrogens with one attached hydrogen (secondary N) is 1.